The minimum Gasteiger partial charge on any atom is -0.460 e. The Morgan fingerprint density at radius 3 is 2.25 bits per heavy atom. The number of hydroxylamine groups is 2. The Hall–Kier alpha value is -5.00. The van der Waals surface area contributed by atoms with E-state index in [-0.39, 0.29) is 42.9 Å². The molecule has 7 aliphatic rings. The average molecular weight is 990 g/mol. The number of nitrogens with zero attached hydrogens (tertiary/aromatic N) is 1. The summed E-state index contributed by atoms with van der Waals surface area (Å²) in [6, 6.07) is 23.4. The summed E-state index contributed by atoms with van der Waals surface area (Å²) in [6.45, 7) is 13.2. The predicted octanol–water partition coefficient (Wildman–Crippen LogP) is 6.41. The van der Waals surface area contributed by atoms with Gasteiger partial charge in [0.25, 0.3) is 0 Å². The van der Waals surface area contributed by atoms with Gasteiger partial charge in [-0.1, -0.05) is 110 Å². The Labute approximate surface area is 422 Å². The van der Waals surface area contributed by atoms with Gasteiger partial charge < -0.3 is 44.5 Å². The quantitative estimate of drug-likeness (QED) is 0.102. The van der Waals surface area contributed by atoms with Gasteiger partial charge >= 0.3 is 11.9 Å². The van der Waals surface area contributed by atoms with Crippen LogP contribution in [0.4, 0.5) is 0 Å². The number of fused-ring (bicyclic) bond motifs is 6. The Balaban J connectivity index is 0.971. The number of hydrogen-bond acceptors (Lipinski definition) is 13. The van der Waals surface area contributed by atoms with E-state index in [0.29, 0.717) is 23.0 Å². The minimum atomic E-state index is -1.71. The molecule has 3 aromatic rings. The second kappa shape index (κ2) is 19.0. The number of allylic oxidation sites excluding steroid dienone is 1. The third kappa shape index (κ3) is 9.32. The maximum absolute atomic E-state index is 15.5. The Bertz CT molecular complexity index is 2520. The summed E-state index contributed by atoms with van der Waals surface area (Å²) in [4.78, 5) is 63.9. The van der Waals surface area contributed by atoms with Crippen LogP contribution in [-0.4, -0.2) is 112 Å². The van der Waals surface area contributed by atoms with Gasteiger partial charge in [-0.3, -0.25) is 24.0 Å². The summed E-state index contributed by atoms with van der Waals surface area (Å²) in [5.41, 5.74) is 2.49. The zero-order valence-electron chi connectivity index (χ0n) is 42.5. The summed E-state index contributed by atoms with van der Waals surface area (Å²) in [5.74, 6) is -3.12. The third-order valence-electron chi connectivity index (χ3n) is 16.7. The zero-order chi connectivity index (χ0) is 51.0. The fourth-order valence-electron chi connectivity index (χ4n) is 12.9. The molecule has 3 saturated carbocycles. The molecule has 15 nitrogen and oxygen atoms in total. The van der Waals surface area contributed by atoms with Crippen molar-refractivity contribution in [3.63, 3.8) is 0 Å². The molecule has 2 amide bonds. The molecular weight excluding hydrogens is 919 g/mol. The molecule has 13 unspecified atom stereocenters. The Morgan fingerprint density at radius 1 is 0.903 bits per heavy atom. The molecule has 72 heavy (non-hydrogen) atoms. The number of aliphatic hydroxyl groups excluding tert-OH is 2. The number of nitrogens with one attached hydrogen (secondary N) is 2. The summed E-state index contributed by atoms with van der Waals surface area (Å²) < 4.78 is 32.2. The van der Waals surface area contributed by atoms with E-state index in [0.717, 1.165) is 43.2 Å². The van der Waals surface area contributed by atoms with E-state index in [2.05, 4.69) is 49.6 Å². The summed E-state index contributed by atoms with van der Waals surface area (Å²) in [5, 5.41) is 28.5. The topological polar surface area (TPSA) is 195 Å². The highest BCUT2D eigenvalue weighted by Crippen LogP contribution is 2.61. The first kappa shape index (κ1) is 50.5. The molecular formula is C57H71N3O12. The van der Waals surface area contributed by atoms with E-state index in [1.54, 1.807) is 20.8 Å². The lowest BCUT2D eigenvalue weighted by Crippen LogP contribution is -2.71. The molecule has 13 atom stereocenters. The molecule has 0 radical (unpaired) electrons. The molecule has 4 aliphatic heterocycles. The maximum Gasteiger partial charge on any atom is 0.327 e. The van der Waals surface area contributed by atoms with Gasteiger partial charge in [-0.25, -0.2) is 0 Å². The van der Waals surface area contributed by atoms with Crippen LogP contribution in [-0.2, 0) is 60.0 Å². The molecule has 15 heteroatoms. The molecule has 386 valence electrons. The van der Waals surface area contributed by atoms with Crippen LogP contribution in [0.25, 0.3) is 6.08 Å². The van der Waals surface area contributed by atoms with Crippen LogP contribution in [0, 0.1) is 22.7 Å². The van der Waals surface area contributed by atoms with Gasteiger partial charge in [0.05, 0.1) is 37.0 Å². The van der Waals surface area contributed by atoms with Crippen molar-refractivity contribution in [3.8, 4) is 0 Å². The monoisotopic (exact) mass is 990 g/mol. The van der Waals surface area contributed by atoms with Gasteiger partial charge in [0.1, 0.15) is 41.5 Å². The third-order valence-corrected chi connectivity index (χ3v) is 16.7. The van der Waals surface area contributed by atoms with Crippen molar-refractivity contribution < 1.29 is 57.9 Å². The minimum absolute atomic E-state index is 0.0234. The molecule has 3 aliphatic carbocycles. The van der Waals surface area contributed by atoms with Gasteiger partial charge in [-0.2, -0.15) is 5.06 Å². The molecule has 3 aromatic carbocycles. The van der Waals surface area contributed by atoms with Gasteiger partial charge in [-0.05, 0) is 102 Å². The molecule has 4 N–H and O–H groups in total. The molecule has 4 heterocycles. The summed E-state index contributed by atoms with van der Waals surface area (Å²) in [7, 11) is 0. The highest BCUT2D eigenvalue weighted by molar-refractivity contribution is 5.96. The molecule has 4 saturated heterocycles. The van der Waals surface area contributed by atoms with Crippen LogP contribution in [0.15, 0.2) is 90.5 Å². The van der Waals surface area contributed by atoms with Crippen molar-refractivity contribution in [2.75, 3.05) is 6.61 Å². The van der Waals surface area contributed by atoms with Gasteiger partial charge in [0.2, 0.25) is 17.6 Å². The highest BCUT2D eigenvalue weighted by Gasteiger charge is 2.77. The Kier molecular flexibility index (Phi) is 13.4. The molecule has 10 rings (SSSR count). The predicted molar refractivity (Wildman–Crippen MR) is 264 cm³/mol. The number of esters is 2. The number of hydrogen-bond donors (Lipinski definition) is 4. The normalized spacial score (nSPS) is 33.7. The average Bonchev–Trinajstić information content (AvgIpc) is 3.60. The van der Waals surface area contributed by atoms with Crippen molar-refractivity contribution in [2.45, 2.75) is 178 Å². The smallest absolute Gasteiger partial charge is 0.327 e. The van der Waals surface area contributed by atoms with E-state index in [9.17, 15) is 24.6 Å². The van der Waals surface area contributed by atoms with Gasteiger partial charge in [0, 0.05) is 24.0 Å². The van der Waals surface area contributed by atoms with Crippen molar-refractivity contribution in [1.29, 1.82) is 0 Å². The van der Waals surface area contributed by atoms with E-state index < -0.39 is 95.8 Å². The van der Waals surface area contributed by atoms with Crippen LogP contribution in [0.1, 0.15) is 122 Å². The number of benzene rings is 3. The molecule has 0 spiro atoms. The number of carbonyl (C=O) groups is 4. The number of ether oxygens (including phenoxy) is 5. The van der Waals surface area contributed by atoms with Crippen LogP contribution < -0.4 is 10.6 Å². The van der Waals surface area contributed by atoms with E-state index in [4.69, 9.17) is 28.5 Å². The lowest BCUT2D eigenvalue weighted by atomic mass is 9.52. The summed E-state index contributed by atoms with van der Waals surface area (Å²) in [6.07, 6.45) is 2.44. The van der Waals surface area contributed by atoms with Gasteiger partial charge in [-0.15, -0.1) is 0 Å². The molecule has 7 fully saturated rings. The first-order valence-electron chi connectivity index (χ1n) is 25.9. The van der Waals surface area contributed by atoms with Crippen LogP contribution in [0.5, 0.6) is 0 Å². The van der Waals surface area contributed by atoms with Crippen molar-refractivity contribution in [2.24, 2.45) is 22.7 Å². The lowest BCUT2D eigenvalue weighted by Gasteiger charge is -2.53. The van der Waals surface area contributed by atoms with E-state index in [1.165, 1.54) is 17.6 Å². The van der Waals surface area contributed by atoms with Crippen LogP contribution in [0.2, 0.25) is 0 Å². The number of amides is 2. The van der Waals surface area contributed by atoms with Crippen LogP contribution in [0.3, 0.4) is 0 Å². The van der Waals surface area contributed by atoms with Crippen LogP contribution >= 0.6 is 0 Å². The van der Waals surface area contributed by atoms with Crippen molar-refractivity contribution in [3.05, 3.63) is 113 Å². The first-order chi connectivity index (χ1) is 34.2. The molecule has 0 aromatic heterocycles. The lowest BCUT2D eigenvalue weighted by molar-refractivity contribution is -0.213. The number of rotatable bonds is 14. The van der Waals surface area contributed by atoms with E-state index in [1.807, 2.05) is 72.8 Å². The second-order valence-corrected chi connectivity index (χ2v) is 23.3. The second-order valence-electron chi connectivity index (χ2n) is 23.3. The fraction of sp³-hybridized carbons (Fsp3) is 0.579. The van der Waals surface area contributed by atoms with Crippen molar-refractivity contribution in [1.82, 2.24) is 15.7 Å². The number of carbonyl (C=O) groups excluding carboxylic acids is 4. The van der Waals surface area contributed by atoms with Gasteiger partial charge in [0.15, 0.2) is 6.04 Å². The number of epoxide rings is 1. The SMILES string of the molecule is CC(O)C(NC(=O)C12CC3OC(=O)C1N(Cc1cccc(C=C4CCC5OC5(C)CCC5C4CC5(C)C)c1)OC2C1OC(c2ccccc2)(c2ccccc2)OC31)C(=O)NC(CO)CCC(=O)OC(C)(C)C. The number of aliphatic hydroxyl groups is 2. The first-order valence-corrected chi connectivity index (χ1v) is 25.9. The largest absolute Gasteiger partial charge is 0.460 e. The highest BCUT2D eigenvalue weighted by atomic mass is 16.8. The zero-order valence-corrected chi connectivity index (χ0v) is 42.5. The summed E-state index contributed by atoms with van der Waals surface area (Å²) >= 11 is 0. The standard InChI is InChI=1S/C57H71N3O12/c1-33(62)45(50(64)58-39(32-61)22-24-44(63)69-53(2,3)4)59-52(66)56-30-42-46-47(71-57(70-46,37-17-10-8-11-18-37)38-19-12-9-13-20-38)49(56)72-60(48(56)51(65)67-42)31-35-16-14-15-34(27-35)28-36-21-23-43-55(7,68-43)26-25-41-40(36)29-54(41,5)6/h8-20,27-28,33,39-43,45-49,61-62H,21-26,29-32H2,1-7H3,(H,58,64)(H,59,66). The van der Waals surface area contributed by atoms with Crippen molar-refractivity contribution >= 4 is 29.8 Å². The molecule has 2 bridgehead atoms. The fourth-order valence-corrected chi connectivity index (χ4v) is 12.9. The maximum atomic E-state index is 15.5. The van der Waals surface area contributed by atoms with E-state index >= 15 is 4.79 Å². The Morgan fingerprint density at radius 2 is 1.60 bits per heavy atom.